The molecular formula is C15H16N2O5S. The summed E-state index contributed by atoms with van der Waals surface area (Å²) in [5, 5.41) is 3.84. The van der Waals surface area contributed by atoms with Crippen LogP contribution >= 0.6 is 11.5 Å². The topological polar surface area (TPSA) is 87.6 Å². The minimum atomic E-state index is -0.592. The Balaban J connectivity index is 2.03. The van der Waals surface area contributed by atoms with E-state index < -0.39 is 5.97 Å². The van der Waals surface area contributed by atoms with Crippen molar-refractivity contribution in [3.63, 3.8) is 0 Å². The molecule has 0 aliphatic rings. The number of esters is 1. The van der Waals surface area contributed by atoms with E-state index in [-0.39, 0.29) is 12.4 Å². The summed E-state index contributed by atoms with van der Waals surface area (Å²) in [5.41, 5.74) is 0.937. The molecule has 2 rings (SSSR count). The van der Waals surface area contributed by atoms with Crippen molar-refractivity contribution in [1.82, 2.24) is 9.59 Å². The zero-order chi connectivity index (χ0) is 16.8. The van der Waals surface area contributed by atoms with Crippen molar-refractivity contribution in [1.29, 1.82) is 0 Å². The van der Waals surface area contributed by atoms with Crippen LogP contribution in [0.5, 0.6) is 11.5 Å². The first-order valence-corrected chi connectivity index (χ1v) is 7.61. The van der Waals surface area contributed by atoms with Crippen molar-refractivity contribution in [3.8, 4) is 11.5 Å². The summed E-state index contributed by atoms with van der Waals surface area (Å²) < 4.78 is 19.0. The van der Waals surface area contributed by atoms with Gasteiger partial charge in [0.2, 0.25) is 0 Å². The van der Waals surface area contributed by atoms with Crippen LogP contribution in [0.3, 0.4) is 0 Å². The molecule has 0 saturated carbocycles. The van der Waals surface area contributed by atoms with Crippen LogP contribution in [0.1, 0.15) is 32.6 Å². The number of carbonyl (C=O) groups is 2. The summed E-state index contributed by atoms with van der Waals surface area (Å²) in [5.74, 6) is 0.0227. The molecule has 23 heavy (non-hydrogen) atoms. The zero-order valence-electron chi connectivity index (χ0n) is 13.0. The highest BCUT2D eigenvalue weighted by molar-refractivity contribution is 7.07. The van der Waals surface area contributed by atoms with Crippen LogP contribution in [-0.4, -0.2) is 42.2 Å². The van der Waals surface area contributed by atoms with Gasteiger partial charge in [-0.25, -0.2) is 4.79 Å². The molecule has 2 aromatic rings. The second kappa shape index (κ2) is 7.68. The molecule has 0 spiro atoms. The first-order chi connectivity index (χ1) is 11.1. The van der Waals surface area contributed by atoms with Crippen molar-refractivity contribution in [2.24, 2.45) is 0 Å². The van der Waals surface area contributed by atoms with E-state index in [1.165, 1.54) is 14.2 Å². The predicted molar refractivity (Wildman–Crippen MR) is 83.4 cm³/mol. The summed E-state index contributed by atoms with van der Waals surface area (Å²) >= 11 is 0.957. The molecule has 0 N–H and O–H groups in total. The third-order valence-corrected chi connectivity index (χ3v) is 3.86. The van der Waals surface area contributed by atoms with Gasteiger partial charge in [-0.3, -0.25) is 4.79 Å². The van der Waals surface area contributed by atoms with Gasteiger partial charge in [0.15, 0.2) is 28.8 Å². The summed E-state index contributed by atoms with van der Waals surface area (Å²) in [6, 6.07) is 4.75. The molecule has 0 amide bonds. The first-order valence-electron chi connectivity index (χ1n) is 6.84. The lowest BCUT2D eigenvalue weighted by Gasteiger charge is -2.09. The average Bonchev–Trinajstić information content (AvgIpc) is 3.07. The number of ether oxygens (including phenoxy) is 3. The largest absolute Gasteiger partial charge is 0.493 e. The van der Waals surface area contributed by atoms with E-state index in [9.17, 15) is 9.59 Å². The average molecular weight is 336 g/mol. The Kier molecular flexibility index (Phi) is 5.64. The van der Waals surface area contributed by atoms with Crippen LogP contribution in [0.15, 0.2) is 18.2 Å². The van der Waals surface area contributed by atoms with Crippen LogP contribution < -0.4 is 9.47 Å². The number of carbonyl (C=O) groups excluding carboxylic acids is 2. The monoisotopic (exact) mass is 336 g/mol. The fourth-order valence-electron chi connectivity index (χ4n) is 1.88. The molecule has 1 heterocycles. The van der Waals surface area contributed by atoms with Gasteiger partial charge < -0.3 is 14.2 Å². The van der Waals surface area contributed by atoms with Gasteiger partial charge in [0.25, 0.3) is 0 Å². The van der Waals surface area contributed by atoms with Crippen LogP contribution in [0.2, 0.25) is 0 Å². The quantitative estimate of drug-likeness (QED) is 0.565. The van der Waals surface area contributed by atoms with Crippen molar-refractivity contribution in [2.75, 3.05) is 20.8 Å². The summed E-state index contributed by atoms with van der Waals surface area (Å²) in [4.78, 5) is 24.4. The minimum Gasteiger partial charge on any atom is -0.493 e. The van der Waals surface area contributed by atoms with Crippen LogP contribution in [0, 0.1) is 0 Å². The van der Waals surface area contributed by atoms with Crippen molar-refractivity contribution in [2.45, 2.75) is 13.3 Å². The fourth-order valence-corrected chi connectivity index (χ4v) is 2.53. The summed E-state index contributed by atoms with van der Waals surface area (Å²) in [6.45, 7) is 1.50. The van der Waals surface area contributed by atoms with Gasteiger partial charge in [-0.15, -0.1) is 5.10 Å². The van der Waals surface area contributed by atoms with Crippen LogP contribution in [-0.2, 0) is 11.2 Å². The molecule has 0 saturated heterocycles. The van der Waals surface area contributed by atoms with E-state index >= 15 is 0 Å². The fraction of sp³-hybridized carbons (Fsp3) is 0.333. The maximum absolute atomic E-state index is 12.1. The van der Waals surface area contributed by atoms with Crippen LogP contribution in [0.4, 0.5) is 0 Å². The molecule has 7 nitrogen and oxygen atoms in total. The number of nitrogens with zero attached hydrogens (tertiary/aromatic N) is 2. The number of hydrogen-bond acceptors (Lipinski definition) is 8. The predicted octanol–water partition coefficient (Wildman–Crippen LogP) is 2.16. The van der Waals surface area contributed by atoms with E-state index in [1.54, 1.807) is 18.2 Å². The van der Waals surface area contributed by atoms with Gasteiger partial charge in [-0.2, -0.15) is 0 Å². The highest BCUT2D eigenvalue weighted by atomic mass is 32.1. The molecular weight excluding hydrogens is 320 g/mol. The summed E-state index contributed by atoms with van der Waals surface area (Å²) in [7, 11) is 2.99. The number of hydrogen-bond donors (Lipinski definition) is 0. The second-order valence-electron chi connectivity index (χ2n) is 4.47. The Morgan fingerprint density at radius 1 is 1.17 bits per heavy atom. The van der Waals surface area contributed by atoms with Gasteiger partial charge >= 0.3 is 5.97 Å². The van der Waals surface area contributed by atoms with Gasteiger partial charge in [0.05, 0.1) is 19.9 Å². The number of rotatable bonds is 7. The Morgan fingerprint density at radius 2 is 1.91 bits per heavy atom. The molecule has 0 aliphatic carbocycles. The van der Waals surface area contributed by atoms with E-state index in [4.69, 9.17) is 14.2 Å². The smallest absolute Gasteiger partial charge is 0.352 e. The molecule has 0 atom stereocenters. The molecule has 0 unspecified atom stereocenters. The number of aromatic nitrogens is 2. The molecule has 0 bridgehead atoms. The lowest BCUT2D eigenvalue weighted by Crippen LogP contribution is -2.14. The number of aryl methyl sites for hydroxylation is 1. The zero-order valence-corrected chi connectivity index (χ0v) is 13.8. The second-order valence-corrected chi connectivity index (χ2v) is 5.23. The van der Waals surface area contributed by atoms with Gasteiger partial charge in [0.1, 0.15) is 0 Å². The third-order valence-electron chi connectivity index (χ3n) is 3.12. The molecule has 1 aromatic carbocycles. The van der Waals surface area contributed by atoms with E-state index in [1.807, 2.05) is 6.92 Å². The van der Waals surface area contributed by atoms with Crippen LogP contribution in [0.25, 0.3) is 0 Å². The normalized spacial score (nSPS) is 10.2. The highest BCUT2D eigenvalue weighted by Gasteiger charge is 2.19. The molecule has 0 radical (unpaired) electrons. The van der Waals surface area contributed by atoms with E-state index in [0.29, 0.717) is 34.1 Å². The Bertz CT molecular complexity index is 714. The number of ketones is 1. The lowest BCUT2D eigenvalue weighted by atomic mass is 10.1. The Labute approximate surface area is 137 Å². The Hall–Kier alpha value is -2.48. The van der Waals surface area contributed by atoms with Crippen molar-refractivity contribution < 1.29 is 23.8 Å². The van der Waals surface area contributed by atoms with Gasteiger partial charge in [0, 0.05) is 5.56 Å². The van der Waals surface area contributed by atoms with E-state index in [0.717, 1.165) is 11.5 Å². The third kappa shape index (κ3) is 3.84. The van der Waals surface area contributed by atoms with Crippen molar-refractivity contribution >= 4 is 23.3 Å². The number of Topliss-reactive ketones (excluding diaryl/α,β-unsaturated/α-hetero) is 1. The number of methoxy groups -OCH3 is 2. The maximum Gasteiger partial charge on any atom is 0.352 e. The molecule has 1 aromatic heterocycles. The van der Waals surface area contributed by atoms with Gasteiger partial charge in [-0.05, 0) is 36.2 Å². The molecule has 0 fully saturated rings. The van der Waals surface area contributed by atoms with E-state index in [2.05, 4.69) is 9.59 Å². The number of benzene rings is 1. The lowest BCUT2D eigenvalue weighted by molar-refractivity contribution is 0.0478. The minimum absolute atomic E-state index is 0.326. The van der Waals surface area contributed by atoms with Crippen molar-refractivity contribution in [3.05, 3.63) is 34.3 Å². The highest BCUT2D eigenvalue weighted by Crippen LogP contribution is 2.27. The summed E-state index contributed by atoms with van der Waals surface area (Å²) in [6.07, 6.45) is 0.574. The standard InChI is InChI=1S/C15H16N2O5S/c1-4-10-14(23-17-16-10)15(19)22-8-11(18)9-5-6-12(20-2)13(7-9)21-3/h5-7H,4,8H2,1-3H3. The maximum atomic E-state index is 12.1. The molecule has 122 valence electrons. The van der Waals surface area contributed by atoms with Gasteiger partial charge in [-0.1, -0.05) is 11.4 Å². The molecule has 0 aliphatic heterocycles. The molecule has 8 heteroatoms. The SMILES string of the molecule is CCc1nnsc1C(=O)OCC(=O)c1ccc(OC)c(OC)c1. The first kappa shape index (κ1) is 16.9. The Morgan fingerprint density at radius 3 is 2.57 bits per heavy atom.